The molecule has 3 aromatic rings. The van der Waals surface area contributed by atoms with Gasteiger partial charge >= 0.3 is 11.6 Å². The molecule has 1 amide bonds. The minimum absolute atomic E-state index is 0.00872. The lowest BCUT2D eigenvalue weighted by molar-refractivity contribution is -0.385. The number of hydrogen-bond donors (Lipinski definition) is 0. The van der Waals surface area contributed by atoms with E-state index in [1.807, 2.05) is 38.1 Å². The molecule has 8 heteroatoms. The lowest BCUT2D eigenvalue weighted by atomic mass is 9.77. The normalized spacial score (nSPS) is 20.4. The summed E-state index contributed by atoms with van der Waals surface area (Å²) in [5, 5.41) is 22.3. The number of rotatable bonds is 5. The molecule has 2 atom stereocenters. The van der Waals surface area contributed by atoms with Crippen molar-refractivity contribution in [2.24, 2.45) is 11.0 Å². The fourth-order valence-electron chi connectivity index (χ4n) is 5.10. The molecule has 8 nitrogen and oxygen atoms in total. The molecule has 184 valence electrons. The van der Waals surface area contributed by atoms with Crippen LogP contribution in [-0.2, 0) is 6.54 Å². The van der Waals surface area contributed by atoms with Crippen LogP contribution in [0.4, 0.5) is 5.69 Å². The zero-order valence-electron chi connectivity index (χ0n) is 20.7. The van der Waals surface area contributed by atoms with E-state index in [1.165, 1.54) is 21.5 Å². The van der Waals surface area contributed by atoms with Crippen LogP contribution >= 0.6 is 0 Å². The molecule has 36 heavy (non-hydrogen) atoms. The van der Waals surface area contributed by atoms with Crippen molar-refractivity contribution in [1.29, 1.82) is 0 Å². The molecular formula is C28H29N5O3. The smallest absolute Gasteiger partial charge is 0.265 e. The van der Waals surface area contributed by atoms with Crippen molar-refractivity contribution in [3.63, 3.8) is 0 Å². The molecule has 2 aromatic carbocycles. The topological polar surface area (TPSA) is 93.6 Å². The van der Waals surface area contributed by atoms with Crippen molar-refractivity contribution in [3.8, 4) is 0 Å². The van der Waals surface area contributed by atoms with Gasteiger partial charge in [-0.1, -0.05) is 59.7 Å². The average molecular weight is 484 g/mol. The Bertz CT molecular complexity index is 1370. The number of nitro groups is 1. The first-order chi connectivity index (χ1) is 17.4. The van der Waals surface area contributed by atoms with Crippen molar-refractivity contribution in [3.05, 3.63) is 98.4 Å². The number of amides is 1. The number of carbonyl (C=O) groups is 1. The lowest BCUT2D eigenvalue weighted by Gasteiger charge is -2.29. The summed E-state index contributed by atoms with van der Waals surface area (Å²) in [6, 6.07) is 16.1. The predicted octanol–water partition coefficient (Wildman–Crippen LogP) is 5.86. The highest BCUT2D eigenvalue weighted by atomic mass is 16.6. The number of aromatic nitrogens is 2. The third-order valence-electron chi connectivity index (χ3n) is 7.01. The maximum atomic E-state index is 13.8. The fraction of sp³-hybridized carbons (Fsp3) is 0.321. The van der Waals surface area contributed by atoms with Gasteiger partial charge in [-0.15, -0.1) is 0 Å². The molecule has 0 radical (unpaired) electrons. The van der Waals surface area contributed by atoms with Gasteiger partial charge in [0.1, 0.15) is 6.20 Å². The van der Waals surface area contributed by atoms with Gasteiger partial charge in [-0.25, -0.2) is 5.01 Å². The van der Waals surface area contributed by atoms with Crippen LogP contribution in [0.3, 0.4) is 0 Å². The molecule has 0 N–H and O–H groups in total. The molecule has 2 aliphatic rings. The van der Waals surface area contributed by atoms with E-state index in [0.29, 0.717) is 6.54 Å². The molecule has 1 aliphatic heterocycles. The SMILES string of the molecule is CCn1cc([N+](=O)[O-])c(C(=O)N2N=C3C(=Cc4ccc(C)cc4)CCCC3C2c2ccc(C)cc2)n1. The zero-order valence-corrected chi connectivity index (χ0v) is 20.7. The van der Waals surface area contributed by atoms with E-state index < -0.39 is 10.8 Å². The lowest BCUT2D eigenvalue weighted by Crippen LogP contribution is -2.32. The van der Waals surface area contributed by atoms with E-state index in [2.05, 4.69) is 42.4 Å². The minimum Gasteiger partial charge on any atom is -0.265 e. The largest absolute Gasteiger partial charge is 0.320 e. The fourth-order valence-corrected chi connectivity index (χ4v) is 5.10. The van der Waals surface area contributed by atoms with Gasteiger partial charge in [0.2, 0.25) is 5.69 Å². The quantitative estimate of drug-likeness (QED) is 0.335. The third-order valence-corrected chi connectivity index (χ3v) is 7.01. The zero-order chi connectivity index (χ0) is 25.4. The Morgan fingerprint density at radius 1 is 1.11 bits per heavy atom. The molecule has 0 saturated heterocycles. The van der Waals surface area contributed by atoms with Crippen LogP contribution in [0.15, 0.2) is 65.4 Å². The predicted molar refractivity (Wildman–Crippen MR) is 139 cm³/mol. The summed E-state index contributed by atoms with van der Waals surface area (Å²) in [5.74, 6) is -0.537. The van der Waals surface area contributed by atoms with Crippen molar-refractivity contribution in [2.75, 3.05) is 0 Å². The van der Waals surface area contributed by atoms with Gasteiger partial charge in [0, 0.05) is 12.5 Å². The summed E-state index contributed by atoms with van der Waals surface area (Å²) in [7, 11) is 0. The van der Waals surface area contributed by atoms with Crippen molar-refractivity contribution in [1.82, 2.24) is 14.8 Å². The molecule has 1 aliphatic carbocycles. The number of allylic oxidation sites excluding steroid dienone is 1. The van der Waals surface area contributed by atoms with Gasteiger partial charge in [-0.05, 0) is 62.8 Å². The molecular weight excluding hydrogens is 454 g/mol. The van der Waals surface area contributed by atoms with Crippen LogP contribution in [0.2, 0.25) is 0 Å². The van der Waals surface area contributed by atoms with Crippen LogP contribution in [0.25, 0.3) is 6.08 Å². The first kappa shape index (κ1) is 23.7. The molecule has 5 rings (SSSR count). The standard InChI is InChI=1S/C28H29N5O3/c1-4-31-17-24(33(35)36)26(29-31)28(34)32-27(21-14-10-19(3)11-15-21)23-7-5-6-22(25(23)30-32)16-20-12-8-18(2)9-13-20/h8-17,23,27H,4-7H2,1-3H3. The molecule has 1 aromatic heterocycles. The number of fused-ring (bicyclic) bond motifs is 1. The van der Waals surface area contributed by atoms with Gasteiger partial charge in [0.25, 0.3) is 0 Å². The van der Waals surface area contributed by atoms with Gasteiger partial charge < -0.3 is 0 Å². The van der Waals surface area contributed by atoms with Crippen molar-refractivity contribution in [2.45, 2.75) is 52.6 Å². The summed E-state index contributed by atoms with van der Waals surface area (Å²) >= 11 is 0. The summed E-state index contributed by atoms with van der Waals surface area (Å²) in [6.45, 7) is 6.33. The number of aryl methyl sites for hydroxylation is 3. The van der Waals surface area contributed by atoms with Gasteiger partial charge in [-0.2, -0.15) is 10.2 Å². The van der Waals surface area contributed by atoms with Crippen LogP contribution in [0, 0.1) is 29.9 Å². The molecule has 0 spiro atoms. The number of hydrogen-bond acceptors (Lipinski definition) is 5. The van der Waals surface area contributed by atoms with Gasteiger partial charge in [-0.3, -0.25) is 19.6 Å². The van der Waals surface area contributed by atoms with E-state index in [9.17, 15) is 14.9 Å². The number of hydrazone groups is 1. The van der Waals surface area contributed by atoms with E-state index in [1.54, 1.807) is 0 Å². The monoisotopic (exact) mass is 483 g/mol. The maximum Gasteiger partial charge on any atom is 0.320 e. The van der Waals surface area contributed by atoms with Crippen molar-refractivity contribution < 1.29 is 9.72 Å². The van der Waals surface area contributed by atoms with Gasteiger partial charge in [0.15, 0.2) is 0 Å². The second kappa shape index (κ2) is 9.53. The molecule has 1 saturated carbocycles. The highest BCUT2D eigenvalue weighted by Gasteiger charge is 2.45. The number of nitrogens with zero attached hydrogens (tertiary/aromatic N) is 5. The van der Waals surface area contributed by atoms with Crippen LogP contribution < -0.4 is 0 Å². The average Bonchev–Trinajstić information content (AvgIpc) is 3.49. The summed E-state index contributed by atoms with van der Waals surface area (Å²) in [6.07, 6.45) is 6.21. The Morgan fingerprint density at radius 3 is 2.42 bits per heavy atom. The molecule has 1 fully saturated rings. The highest BCUT2D eigenvalue weighted by Crippen LogP contribution is 2.45. The molecule has 2 unspecified atom stereocenters. The van der Waals surface area contributed by atoms with Crippen LogP contribution in [-0.4, -0.2) is 31.3 Å². The second-order valence-electron chi connectivity index (χ2n) is 9.55. The number of benzene rings is 2. The Kier molecular flexibility index (Phi) is 6.26. The first-order valence-electron chi connectivity index (χ1n) is 12.3. The Hall–Kier alpha value is -4.07. The maximum absolute atomic E-state index is 13.8. The van der Waals surface area contributed by atoms with Crippen molar-refractivity contribution >= 4 is 23.4 Å². The first-order valence-corrected chi connectivity index (χ1v) is 12.3. The van der Waals surface area contributed by atoms with E-state index in [0.717, 1.165) is 47.2 Å². The second-order valence-corrected chi connectivity index (χ2v) is 9.55. The summed E-state index contributed by atoms with van der Waals surface area (Å²) in [4.78, 5) is 25.0. The Labute approximate surface area is 210 Å². The van der Waals surface area contributed by atoms with Crippen LogP contribution in [0.5, 0.6) is 0 Å². The Morgan fingerprint density at radius 2 is 1.78 bits per heavy atom. The van der Waals surface area contributed by atoms with Gasteiger partial charge in [0.05, 0.1) is 16.7 Å². The summed E-state index contributed by atoms with van der Waals surface area (Å²) < 4.78 is 1.42. The third kappa shape index (κ3) is 4.34. The van der Waals surface area contributed by atoms with E-state index in [-0.39, 0.29) is 23.3 Å². The minimum atomic E-state index is -0.549. The van der Waals surface area contributed by atoms with Crippen LogP contribution in [0.1, 0.15) is 65.0 Å². The highest BCUT2D eigenvalue weighted by molar-refractivity contribution is 6.09. The summed E-state index contributed by atoms with van der Waals surface area (Å²) in [5.41, 5.74) is 5.90. The molecule has 2 heterocycles. The van der Waals surface area contributed by atoms with E-state index >= 15 is 0 Å². The number of carbonyl (C=O) groups excluding carboxylic acids is 1. The molecule has 0 bridgehead atoms. The Balaban J connectivity index is 1.60. The van der Waals surface area contributed by atoms with E-state index in [4.69, 9.17) is 5.10 Å².